The first-order valence-electron chi connectivity index (χ1n) is 12.2. The number of benzene rings is 2. The lowest BCUT2D eigenvalue weighted by Crippen LogP contribution is -2.59. The molecular formula is C29H37N3O6. The number of alkyl carbamates (subject to hydrolysis) is 1. The Labute approximate surface area is 224 Å². The number of nitrogens with one attached hydrogen (secondary N) is 2. The zero-order chi connectivity index (χ0) is 28.7. The Hall–Kier alpha value is -4.03. The number of terminal acetylenes is 1. The summed E-state index contributed by atoms with van der Waals surface area (Å²) in [6, 6.07) is 11.0. The molecule has 9 nitrogen and oxygen atoms in total. The molecule has 0 saturated heterocycles. The number of aliphatic hydroxyl groups excluding tert-OH is 1. The van der Waals surface area contributed by atoms with Crippen LogP contribution < -0.4 is 15.4 Å². The van der Waals surface area contributed by atoms with Gasteiger partial charge in [-0.2, -0.15) is 0 Å². The van der Waals surface area contributed by atoms with Gasteiger partial charge in [0.05, 0.1) is 13.7 Å². The van der Waals surface area contributed by atoms with E-state index >= 15 is 0 Å². The fourth-order valence-electron chi connectivity index (χ4n) is 3.80. The number of amides is 3. The maximum absolute atomic E-state index is 13.9. The number of rotatable bonds is 8. The van der Waals surface area contributed by atoms with Crippen LogP contribution in [0.2, 0.25) is 0 Å². The van der Waals surface area contributed by atoms with E-state index in [1.165, 1.54) is 12.0 Å². The Bertz CT molecular complexity index is 1170. The van der Waals surface area contributed by atoms with E-state index in [-0.39, 0.29) is 0 Å². The Morgan fingerprint density at radius 3 is 2.13 bits per heavy atom. The summed E-state index contributed by atoms with van der Waals surface area (Å²) < 4.78 is 10.4. The number of aliphatic hydroxyl groups is 1. The quantitative estimate of drug-likeness (QED) is 0.452. The van der Waals surface area contributed by atoms with E-state index in [4.69, 9.17) is 15.9 Å². The second-order valence-electron chi connectivity index (χ2n) is 10.6. The summed E-state index contributed by atoms with van der Waals surface area (Å²) in [6.45, 7) is 9.57. The van der Waals surface area contributed by atoms with Crippen molar-refractivity contribution in [1.29, 1.82) is 0 Å². The molecule has 0 aromatic heterocycles. The van der Waals surface area contributed by atoms with E-state index in [1.54, 1.807) is 90.1 Å². The molecule has 0 aliphatic heterocycles. The number of hydrogen-bond donors (Lipinski definition) is 3. The molecule has 3 N–H and O–H groups in total. The first-order chi connectivity index (χ1) is 17.7. The van der Waals surface area contributed by atoms with E-state index in [9.17, 15) is 19.5 Å². The Kier molecular flexibility index (Phi) is 9.91. The van der Waals surface area contributed by atoms with E-state index < -0.39 is 47.7 Å². The van der Waals surface area contributed by atoms with Gasteiger partial charge in [-0.3, -0.25) is 9.59 Å². The largest absolute Gasteiger partial charge is 0.497 e. The predicted octanol–water partition coefficient (Wildman–Crippen LogP) is 3.87. The summed E-state index contributed by atoms with van der Waals surface area (Å²) in [5, 5.41) is 15.3. The number of anilines is 1. The molecule has 0 saturated carbocycles. The van der Waals surface area contributed by atoms with Crippen molar-refractivity contribution in [3.63, 3.8) is 0 Å². The Balaban J connectivity index is 2.58. The number of carbonyl (C=O) groups is 3. The fourth-order valence-corrected chi connectivity index (χ4v) is 3.80. The van der Waals surface area contributed by atoms with Gasteiger partial charge in [0.2, 0.25) is 5.91 Å². The highest BCUT2D eigenvalue weighted by Crippen LogP contribution is 2.33. The molecule has 0 spiro atoms. The van der Waals surface area contributed by atoms with Gasteiger partial charge >= 0.3 is 6.09 Å². The molecule has 9 heteroatoms. The van der Waals surface area contributed by atoms with Crippen molar-refractivity contribution in [3.8, 4) is 18.1 Å². The molecule has 0 aliphatic carbocycles. The fraction of sp³-hybridized carbons (Fsp3) is 0.414. The van der Waals surface area contributed by atoms with Crippen molar-refractivity contribution in [2.45, 2.75) is 64.8 Å². The molecule has 0 fully saturated rings. The van der Waals surface area contributed by atoms with Crippen LogP contribution in [0.5, 0.6) is 5.75 Å². The number of carbonyl (C=O) groups excluding carboxylic acids is 3. The second kappa shape index (κ2) is 12.5. The topological polar surface area (TPSA) is 117 Å². The lowest BCUT2D eigenvalue weighted by atomic mass is 9.92. The molecule has 2 aromatic rings. The summed E-state index contributed by atoms with van der Waals surface area (Å²) in [7, 11) is 1.54. The standard InChI is InChI=1S/C29H37N3O6/c1-9-19-12-10-11-13-22(19)24(25(34)30-20-14-16-21(37-8)17-15-20)32(28(2,3)4)26(35)23(18-33)31-27(36)38-29(5,6)7/h1,10-17,23-24,33H,18H2,2-8H3,(H,30,34)(H,31,36). The molecule has 0 radical (unpaired) electrons. The third-order valence-corrected chi connectivity index (χ3v) is 5.41. The van der Waals surface area contributed by atoms with E-state index in [1.807, 2.05) is 0 Å². The molecule has 2 unspecified atom stereocenters. The van der Waals surface area contributed by atoms with Gasteiger partial charge < -0.3 is 30.1 Å². The first-order valence-corrected chi connectivity index (χ1v) is 12.2. The normalized spacial score (nSPS) is 12.9. The lowest BCUT2D eigenvalue weighted by Gasteiger charge is -2.43. The molecule has 38 heavy (non-hydrogen) atoms. The van der Waals surface area contributed by atoms with Gasteiger partial charge in [-0.1, -0.05) is 24.1 Å². The van der Waals surface area contributed by atoms with Crippen molar-refractivity contribution in [2.24, 2.45) is 0 Å². The third-order valence-electron chi connectivity index (χ3n) is 5.41. The van der Waals surface area contributed by atoms with Crippen LogP contribution in [-0.2, 0) is 14.3 Å². The Morgan fingerprint density at radius 2 is 1.63 bits per heavy atom. The van der Waals surface area contributed by atoms with Crippen molar-refractivity contribution >= 4 is 23.6 Å². The molecule has 3 amide bonds. The average Bonchev–Trinajstić information content (AvgIpc) is 2.84. The first kappa shape index (κ1) is 30.2. The van der Waals surface area contributed by atoms with E-state index in [2.05, 4.69) is 16.6 Å². The molecule has 2 rings (SSSR count). The highest BCUT2D eigenvalue weighted by Gasteiger charge is 2.42. The van der Waals surface area contributed by atoms with Gasteiger partial charge in [-0.15, -0.1) is 6.42 Å². The maximum Gasteiger partial charge on any atom is 0.408 e. The predicted molar refractivity (Wildman–Crippen MR) is 146 cm³/mol. The van der Waals surface area contributed by atoms with Gasteiger partial charge in [0, 0.05) is 16.8 Å². The van der Waals surface area contributed by atoms with Crippen LogP contribution >= 0.6 is 0 Å². The van der Waals surface area contributed by atoms with E-state index in [0.29, 0.717) is 22.6 Å². The molecule has 204 valence electrons. The minimum absolute atomic E-state index is 0.415. The van der Waals surface area contributed by atoms with Crippen molar-refractivity contribution < 1.29 is 29.0 Å². The van der Waals surface area contributed by atoms with Crippen LogP contribution in [0.4, 0.5) is 10.5 Å². The van der Waals surface area contributed by atoms with Crippen LogP contribution in [-0.4, -0.2) is 58.8 Å². The van der Waals surface area contributed by atoms with Crippen molar-refractivity contribution in [2.75, 3.05) is 19.0 Å². The number of ether oxygens (including phenoxy) is 2. The van der Waals surface area contributed by atoms with Crippen LogP contribution in [0.25, 0.3) is 0 Å². The van der Waals surface area contributed by atoms with Crippen molar-refractivity contribution in [1.82, 2.24) is 10.2 Å². The van der Waals surface area contributed by atoms with Gasteiger partial charge in [-0.25, -0.2) is 4.79 Å². The number of hydrogen-bond acceptors (Lipinski definition) is 6. The van der Waals surface area contributed by atoms with Crippen molar-refractivity contribution in [3.05, 3.63) is 59.7 Å². The molecular weight excluding hydrogens is 486 g/mol. The molecule has 2 atom stereocenters. The maximum atomic E-state index is 13.9. The van der Waals surface area contributed by atoms with Crippen LogP contribution in [0.3, 0.4) is 0 Å². The van der Waals surface area contributed by atoms with Crippen LogP contribution in [0.1, 0.15) is 58.7 Å². The molecule has 0 heterocycles. The average molecular weight is 524 g/mol. The highest BCUT2D eigenvalue weighted by atomic mass is 16.6. The monoisotopic (exact) mass is 523 g/mol. The number of nitrogens with zero attached hydrogens (tertiary/aromatic N) is 1. The smallest absolute Gasteiger partial charge is 0.408 e. The summed E-state index contributed by atoms with van der Waals surface area (Å²) in [5.74, 6) is 1.98. The summed E-state index contributed by atoms with van der Waals surface area (Å²) in [6.07, 6.45) is 4.88. The minimum Gasteiger partial charge on any atom is -0.497 e. The van der Waals surface area contributed by atoms with Gasteiger partial charge in [-0.05, 0) is 77.4 Å². The number of methoxy groups -OCH3 is 1. The zero-order valence-electron chi connectivity index (χ0n) is 23.0. The minimum atomic E-state index is -1.38. The second-order valence-corrected chi connectivity index (χ2v) is 10.6. The zero-order valence-corrected chi connectivity index (χ0v) is 23.0. The summed E-state index contributed by atoms with van der Waals surface area (Å²) in [4.78, 5) is 41.6. The van der Waals surface area contributed by atoms with Gasteiger partial charge in [0.25, 0.3) is 5.91 Å². The highest BCUT2D eigenvalue weighted by molar-refractivity contribution is 5.99. The summed E-state index contributed by atoms with van der Waals surface area (Å²) in [5.41, 5.74) is -0.443. The van der Waals surface area contributed by atoms with Gasteiger partial charge in [0.1, 0.15) is 23.4 Å². The molecule has 2 aromatic carbocycles. The molecule has 0 bridgehead atoms. The van der Waals surface area contributed by atoms with Crippen LogP contribution in [0.15, 0.2) is 48.5 Å². The van der Waals surface area contributed by atoms with Gasteiger partial charge in [0.15, 0.2) is 0 Å². The Morgan fingerprint density at radius 1 is 1.03 bits per heavy atom. The van der Waals surface area contributed by atoms with E-state index in [0.717, 1.165) is 0 Å². The molecule has 0 aliphatic rings. The summed E-state index contributed by atoms with van der Waals surface area (Å²) >= 11 is 0. The van der Waals surface area contributed by atoms with Crippen LogP contribution in [0, 0.1) is 12.3 Å². The SMILES string of the molecule is C#Cc1ccccc1C(C(=O)Nc1ccc(OC)cc1)N(C(=O)C(CO)NC(=O)OC(C)(C)C)C(C)(C)C. The lowest BCUT2D eigenvalue weighted by molar-refractivity contribution is -0.147. The third kappa shape index (κ3) is 7.98.